The van der Waals surface area contributed by atoms with Gasteiger partial charge in [0, 0.05) is 37.1 Å². The second-order valence-corrected chi connectivity index (χ2v) is 13.2. The number of anilines is 3. The van der Waals surface area contributed by atoms with Gasteiger partial charge in [0.2, 0.25) is 0 Å². The quantitative estimate of drug-likeness (QED) is 0.177. The van der Waals surface area contributed by atoms with Gasteiger partial charge in [0.1, 0.15) is 0 Å². The zero-order chi connectivity index (χ0) is 31.9. The zero-order valence-electron chi connectivity index (χ0n) is 26.3. The molecule has 0 aliphatic heterocycles. The zero-order valence-corrected chi connectivity index (χ0v) is 27.1. The minimum Gasteiger partial charge on any atom is -0.310 e. The third-order valence-corrected chi connectivity index (χ3v) is 10.4. The Hall–Kier alpha value is -5.96. The summed E-state index contributed by atoms with van der Waals surface area (Å²) in [6, 6.07) is 68.1. The first-order valence-electron chi connectivity index (χ1n) is 16.4. The average molecular weight is 630 g/mol. The molecule has 2 heteroatoms. The molecule has 0 N–H and O–H groups in total. The molecular formula is C46H31NS. The van der Waals surface area contributed by atoms with Gasteiger partial charge in [0.25, 0.3) is 0 Å². The Morgan fingerprint density at radius 3 is 1.52 bits per heavy atom. The minimum atomic E-state index is 1.11. The van der Waals surface area contributed by atoms with Crippen molar-refractivity contribution in [3.05, 3.63) is 188 Å². The highest BCUT2D eigenvalue weighted by atomic mass is 32.1. The van der Waals surface area contributed by atoms with E-state index < -0.39 is 0 Å². The van der Waals surface area contributed by atoms with E-state index in [1.807, 2.05) is 11.3 Å². The molecule has 0 unspecified atom stereocenters. The summed E-state index contributed by atoms with van der Waals surface area (Å²) in [7, 11) is 0. The van der Waals surface area contributed by atoms with Crippen molar-refractivity contribution in [2.24, 2.45) is 0 Å². The van der Waals surface area contributed by atoms with E-state index in [-0.39, 0.29) is 0 Å². The van der Waals surface area contributed by atoms with Gasteiger partial charge in [0.05, 0.1) is 5.69 Å². The first-order chi connectivity index (χ1) is 23.8. The first-order valence-corrected chi connectivity index (χ1v) is 17.2. The molecule has 0 amide bonds. The maximum atomic E-state index is 2.44. The SMILES string of the molecule is c1ccc(-c2ccc(N(c3ccc(-c4ccccc4)cc3)c3ccc4sc5ccccc5c4c3-c3cccc4ccccc34)cc2)cc1. The molecule has 0 atom stereocenters. The van der Waals surface area contributed by atoms with Crippen LogP contribution >= 0.6 is 11.3 Å². The summed E-state index contributed by atoms with van der Waals surface area (Å²) >= 11 is 1.87. The molecule has 0 saturated carbocycles. The molecule has 1 nitrogen and oxygen atoms in total. The number of hydrogen-bond donors (Lipinski definition) is 0. The highest BCUT2D eigenvalue weighted by molar-refractivity contribution is 7.26. The Kier molecular flexibility index (Phi) is 7.07. The number of fused-ring (bicyclic) bond motifs is 4. The van der Waals surface area contributed by atoms with Crippen LogP contribution < -0.4 is 4.90 Å². The van der Waals surface area contributed by atoms with E-state index >= 15 is 0 Å². The summed E-state index contributed by atoms with van der Waals surface area (Å²) in [6.45, 7) is 0. The smallest absolute Gasteiger partial charge is 0.0547 e. The fourth-order valence-corrected chi connectivity index (χ4v) is 8.12. The number of rotatable bonds is 6. The Labute approximate surface area is 284 Å². The van der Waals surface area contributed by atoms with Gasteiger partial charge >= 0.3 is 0 Å². The largest absolute Gasteiger partial charge is 0.310 e. The van der Waals surface area contributed by atoms with Crippen LogP contribution in [0.4, 0.5) is 17.1 Å². The van der Waals surface area contributed by atoms with E-state index in [4.69, 9.17) is 0 Å². The molecule has 226 valence electrons. The third kappa shape index (κ3) is 4.95. The molecule has 0 saturated heterocycles. The fourth-order valence-electron chi connectivity index (χ4n) is 7.00. The Morgan fingerprint density at radius 2 is 0.875 bits per heavy atom. The second-order valence-electron chi connectivity index (χ2n) is 12.1. The number of hydrogen-bond acceptors (Lipinski definition) is 2. The summed E-state index contributed by atoms with van der Waals surface area (Å²) in [5, 5.41) is 5.09. The molecule has 1 aromatic heterocycles. The van der Waals surface area contributed by atoms with E-state index in [1.165, 1.54) is 64.3 Å². The average Bonchev–Trinajstić information content (AvgIpc) is 3.55. The van der Waals surface area contributed by atoms with Crippen LogP contribution in [0.2, 0.25) is 0 Å². The van der Waals surface area contributed by atoms with Gasteiger partial charge < -0.3 is 4.90 Å². The molecule has 9 rings (SSSR count). The summed E-state index contributed by atoms with van der Waals surface area (Å²) in [5.41, 5.74) is 10.7. The molecule has 0 aliphatic rings. The fraction of sp³-hybridized carbons (Fsp3) is 0. The summed E-state index contributed by atoms with van der Waals surface area (Å²) in [6.07, 6.45) is 0. The molecule has 0 spiro atoms. The third-order valence-electron chi connectivity index (χ3n) is 9.29. The van der Waals surface area contributed by atoms with E-state index in [0.29, 0.717) is 0 Å². The predicted octanol–water partition coefficient (Wildman–Crippen LogP) is 13.7. The predicted molar refractivity (Wildman–Crippen MR) is 208 cm³/mol. The van der Waals surface area contributed by atoms with Gasteiger partial charge in [-0.05, 0) is 81.1 Å². The molecule has 8 aromatic carbocycles. The molecule has 0 fully saturated rings. The van der Waals surface area contributed by atoms with Gasteiger partial charge in [-0.2, -0.15) is 0 Å². The van der Waals surface area contributed by atoms with Crippen molar-refractivity contribution in [2.75, 3.05) is 4.90 Å². The van der Waals surface area contributed by atoms with Crippen molar-refractivity contribution in [2.45, 2.75) is 0 Å². The molecule has 1 heterocycles. The lowest BCUT2D eigenvalue weighted by molar-refractivity contribution is 1.29. The van der Waals surface area contributed by atoms with E-state index in [0.717, 1.165) is 17.1 Å². The first kappa shape index (κ1) is 28.3. The summed E-state index contributed by atoms with van der Waals surface area (Å²) < 4.78 is 2.60. The maximum Gasteiger partial charge on any atom is 0.0547 e. The highest BCUT2D eigenvalue weighted by Gasteiger charge is 2.23. The monoisotopic (exact) mass is 629 g/mol. The molecule has 9 aromatic rings. The van der Waals surface area contributed by atoms with E-state index in [1.54, 1.807) is 0 Å². The maximum absolute atomic E-state index is 2.44. The van der Waals surface area contributed by atoms with Crippen LogP contribution in [0.3, 0.4) is 0 Å². The lowest BCUT2D eigenvalue weighted by atomic mass is 9.92. The van der Waals surface area contributed by atoms with Gasteiger partial charge in [-0.1, -0.05) is 146 Å². The number of benzene rings is 8. The topological polar surface area (TPSA) is 3.24 Å². The highest BCUT2D eigenvalue weighted by Crippen LogP contribution is 2.50. The van der Waals surface area contributed by atoms with Crippen molar-refractivity contribution in [3.63, 3.8) is 0 Å². The van der Waals surface area contributed by atoms with Gasteiger partial charge in [-0.25, -0.2) is 0 Å². The van der Waals surface area contributed by atoms with Crippen molar-refractivity contribution in [1.82, 2.24) is 0 Å². The molecule has 48 heavy (non-hydrogen) atoms. The van der Waals surface area contributed by atoms with E-state index in [9.17, 15) is 0 Å². The standard InChI is InChI=1S/C46H31NS/c1-3-12-32(13-4-1)34-22-26-37(27-23-34)47(38-28-24-35(25-29-38)33-14-5-2-6-15-33)42-30-31-44-46(41-19-9-10-21-43(41)48-44)45(42)40-20-11-17-36-16-7-8-18-39(36)40/h1-31H. The van der Waals surface area contributed by atoms with Crippen LogP contribution in [-0.4, -0.2) is 0 Å². The van der Waals surface area contributed by atoms with Crippen molar-refractivity contribution < 1.29 is 0 Å². The minimum absolute atomic E-state index is 1.11. The van der Waals surface area contributed by atoms with E-state index in [2.05, 4.69) is 193 Å². The van der Waals surface area contributed by atoms with Crippen LogP contribution in [0.25, 0.3) is 64.3 Å². The Morgan fingerprint density at radius 1 is 0.354 bits per heavy atom. The van der Waals surface area contributed by atoms with Gasteiger partial charge in [-0.3, -0.25) is 0 Å². The lowest BCUT2D eigenvalue weighted by Gasteiger charge is -2.29. The van der Waals surface area contributed by atoms with Crippen LogP contribution in [0, 0.1) is 0 Å². The van der Waals surface area contributed by atoms with Crippen LogP contribution in [0.5, 0.6) is 0 Å². The summed E-state index contributed by atoms with van der Waals surface area (Å²) in [5.74, 6) is 0. The number of thiophene rings is 1. The van der Waals surface area contributed by atoms with Crippen molar-refractivity contribution >= 4 is 59.3 Å². The normalized spacial score (nSPS) is 11.3. The van der Waals surface area contributed by atoms with Gasteiger partial charge in [-0.15, -0.1) is 11.3 Å². The lowest BCUT2D eigenvalue weighted by Crippen LogP contribution is -2.11. The molecular weight excluding hydrogens is 599 g/mol. The summed E-state index contributed by atoms with van der Waals surface area (Å²) in [4.78, 5) is 2.44. The second kappa shape index (κ2) is 12.0. The molecule has 0 aliphatic carbocycles. The molecule has 0 radical (unpaired) electrons. The van der Waals surface area contributed by atoms with Gasteiger partial charge in [0.15, 0.2) is 0 Å². The van der Waals surface area contributed by atoms with Crippen LogP contribution in [0.15, 0.2) is 188 Å². The Balaban J connectivity index is 1.32. The van der Waals surface area contributed by atoms with Crippen molar-refractivity contribution in [3.8, 4) is 33.4 Å². The molecule has 0 bridgehead atoms. The number of nitrogens with zero attached hydrogens (tertiary/aromatic N) is 1. The van der Waals surface area contributed by atoms with Crippen LogP contribution in [0.1, 0.15) is 0 Å². The Bertz CT molecular complexity index is 2440. The van der Waals surface area contributed by atoms with Crippen LogP contribution in [-0.2, 0) is 0 Å². The van der Waals surface area contributed by atoms with Crippen molar-refractivity contribution in [1.29, 1.82) is 0 Å².